The van der Waals surface area contributed by atoms with Crippen LogP contribution in [-0.4, -0.2) is 5.11 Å². The molecule has 1 aromatic heterocycles. The molecular weight excluding hydrogens is 256 g/mol. The second-order valence-electron chi connectivity index (χ2n) is 3.71. The lowest BCUT2D eigenvalue weighted by atomic mass is 10.1. The maximum atomic E-state index is 9.69. The average Bonchev–Trinajstić information content (AvgIpc) is 2.60. The smallest absolute Gasteiger partial charge is 0.137 e. The summed E-state index contributed by atoms with van der Waals surface area (Å²) in [6, 6.07) is 5.91. The molecule has 15 heavy (non-hydrogen) atoms. The molecule has 0 saturated carbocycles. The van der Waals surface area contributed by atoms with E-state index < -0.39 is 6.10 Å². The molecule has 0 radical (unpaired) electrons. The van der Waals surface area contributed by atoms with E-state index in [2.05, 4.69) is 15.9 Å². The Labute approximate surface area is 97.0 Å². The molecule has 0 bridgehead atoms. The molecule has 0 fully saturated rings. The fourth-order valence-electron chi connectivity index (χ4n) is 1.67. The first-order valence-electron chi connectivity index (χ1n) is 4.99. The summed E-state index contributed by atoms with van der Waals surface area (Å²) in [7, 11) is 0. The van der Waals surface area contributed by atoms with Crippen LogP contribution in [0.25, 0.3) is 11.0 Å². The minimum atomic E-state index is -0.504. The van der Waals surface area contributed by atoms with Crippen molar-refractivity contribution >= 4 is 26.9 Å². The molecular formula is C12H13BrO2. The molecule has 1 aromatic carbocycles. The van der Waals surface area contributed by atoms with Gasteiger partial charge >= 0.3 is 0 Å². The molecule has 1 atom stereocenters. The second-order valence-corrected chi connectivity index (χ2v) is 4.63. The summed E-state index contributed by atoms with van der Waals surface area (Å²) in [6.07, 6.45) is 0.163. The highest BCUT2D eigenvalue weighted by Gasteiger charge is 2.12. The third-order valence-corrected chi connectivity index (χ3v) is 2.96. The van der Waals surface area contributed by atoms with Crippen molar-refractivity contribution < 1.29 is 9.52 Å². The maximum Gasteiger partial charge on any atom is 0.137 e. The van der Waals surface area contributed by atoms with Gasteiger partial charge in [0.2, 0.25) is 0 Å². The highest BCUT2D eigenvalue weighted by molar-refractivity contribution is 9.10. The lowest BCUT2D eigenvalue weighted by Crippen LogP contribution is -1.91. The number of furan rings is 1. The molecule has 2 nitrogen and oxygen atoms in total. The van der Waals surface area contributed by atoms with E-state index in [0.29, 0.717) is 12.2 Å². The molecule has 0 saturated heterocycles. The summed E-state index contributed by atoms with van der Waals surface area (Å²) >= 11 is 3.44. The van der Waals surface area contributed by atoms with Gasteiger partial charge in [0.25, 0.3) is 0 Å². The predicted molar refractivity (Wildman–Crippen MR) is 63.9 cm³/mol. The summed E-state index contributed by atoms with van der Waals surface area (Å²) in [5, 5.41) is 10.7. The van der Waals surface area contributed by atoms with Crippen LogP contribution in [-0.2, 0) is 0 Å². The van der Waals surface area contributed by atoms with Gasteiger partial charge in [0.15, 0.2) is 0 Å². The van der Waals surface area contributed by atoms with E-state index in [1.807, 2.05) is 32.0 Å². The lowest BCUT2D eigenvalue weighted by Gasteiger charge is -2.01. The average molecular weight is 269 g/mol. The molecule has 1 N–H and O–H groups in total. The Morgan fingerprint density at radius 3 is 2.80 bits per heavy atom. The maximum absolute atomic E-state index is 9.69. The number of aryl methyl sites for hydroxylation is 1. The zero-order valence-corrected chi connectivity index (χ0v) is 10.3. The Balaban J connectivity index is 2.60. The molecule has 1 unspecified atom stereocenters. The Kier molecular flexibility index (Phi) is 2.85. The fourth-order valence-corrected chi connectivity index (χ4v) is 2.26. The SMILES string of the molecule is CCC(O)c1cc2cc(Br)cc(C)c2o1. The van der Waals surface area contributed by atoms with Crippen LogP contribution in [0.1, 0.15) is 30.8 Å². The number of halogens is 1. The molecule has 2 aromatic rings. The molecule has 0 aliphatic heterocycles. The van der Waals surface area contributed by atoms with Gasteiger partial charge < -0.3 is 9.52 Å². The van der Waals surface area contributed by atoms with E-state index in [4.69, 9.17) is 4.42 Å². The summed E-state index contributed by atoms with van der Waals surface area (Å²) in [4.78, 5) is 0. The lowest BCUT2D eigenvalue weighted by molar-refractivity contribution is 0.148. The zero-order valence-electron chi connectivity index (χ0n) is 8.75. The van der Waals surface area contributed by atoms with Gasteiger partial charge in [0, 0.05) is 9.86 Å². The van der Waals surface area contributed by atoms with E-state index in [1.54, 1.807) is 0 Å². The Morgan fingerprint density at radius 2 is 2.13 bits per heavy atom. The minimum absolute atomic E-state index is 0.504. The number of aliphatic hydroxyl groups excluding tert-OH is 1. The molecule has 1 heterocycles. The molecule has 0 aliphatic rings. The quantitative estimate of drug-likeness (QED) is 0.895. The fraction of sp³-hybridized carbons (Fsp3) is 0.333. The third-order valence-electron chi connectivity index (χ3n) is 2.50. The van der Waals surface area contributed by atoms with Crippen molar-refractivity contribution in [2.75, 3.05) is 0 Å². The third kappa shape index (κ3) is 1.94. The molecule has 0 aliphatic carbocycles. The Hall–Kier alpha value is -0.800. The van der Waals surface area contributed by atoms with Gasteiger partial charge in [-0.2, -0.15) is 0 Å². The van der Waals surface area contributed by atoms with E-state index in [1.165, 1.54) is 0 Å². The van der Waals surface area contributed by atoms with Crippen molar-refractivity contribution in [2.45, 2.75) is 26.4 Å². The molecule has 0 amide bonds. The first-order chi connectivity index (χ1) is 7.11. The molecule has 0 spiro atoms. The Morgan fingerprint density at radius 1 is 1.40 bits per heavy atom. The van der Waals surface area contributed by atoms with Crippen LogP contribution in [0, 0.1) is 6.92 Å². The number of hydrogen-bond acceptors (Lipinski definition) is 2. The van der Waals surface area contributed by atoms with Crippen molar-refractivity contribution in [3.63, 3.8) is 0 Å². The van der Waals surface area contributed by atoms with Crippen LogP contribution < -0.4 is 0 Å². The van der Waals surface area contributed by atoms with Crippen LogP contribution in [0.3, 0.4) is 0 Å². The van der Waals surface area contributed by atoms with Gasteiger partial charge in [0.1, 0.15) is 17.4 Å². The number of fused-ring (bicyclic) bond motifs is 1. The van der Waals surface area contributed by atoms with E-state index in [9.17, 15) is 5.11 Å². The van der Waals surface area contributed by atoms with Crippen molar-refractivity contribution in [2.24, 2.45) is 0 Å². The first-order valence-corrected chi connectivity index (χ1v) is 5.78. The topological polar surface area (TPSA) is 33.4 Å². The van der Waals surface area contributed by atoms with Crippen LogP contribution in [0.15, 0.2) is 27.1 Å². The summed E-state index contributed by atoms with van der Waals surface area (Å²) in [5.41, 5.74) is 1.94. The van der Waals surface area contributed by atoms with Crippen molar-refractivity contribution in [3.8, 4) is 0 Å². The van der Waals surface area contributed by atoms with Crippen LogP contribution in [0.4, 0.5) is 0 Å². The van der Waals surface area contributed by atoms with Crippen molar-refractivity contribution in [1.29, 1.82) is 0 Å². The van der Waals surface area contributed by atoms with Gasteiger partial charge in [-0.3, -0.25) is 0 Å². The monoisotopic (exact) mass is 268 g/mol. The van der Waals surface area contributed by atoms with Gasteiger partial charge in [-0.1, -0.05) is 22.9 Å². The summed E-state index contributed by atoms with van der Waals surface area (Å²) in [5.74, 6) is 0.647. The zero-order chi connectivity index (χ0) is 11.0. The van der Waals surface area contributed by atoms with Gasteiger partial charge in [-0.25, -0.2) is 0 Å². The molecule has 2 rings (SSSR count). The number of aliphatic hydroxyl groups is 1. The molecule has 80 valence electrons. The van der Waals surface area contributed by atoms with Crippen molar-refractivity contribution in [3.05, 3.63) is 34.0 Å². The predicted octanol–water partition coefficient (Wildman–Crippen LogP) is 3.95. The van der Waals surface area contributed by atoms with Crippen LogP contribution >= 0.6 is 15.9 Å². The highest BCUT2D eigenvalue weighted by Crippen LogP contribution is 2.30. The van der Waals surface area contributed by atoms with E-state index in [0.717, 1.165) is 21.0 Å². The number of hydrogen-bond donors (Lipinski definition) is 1. The first kappa shape index (κ1) is 10.7. The van der Waals surface area contributed by atoms with E-state index >= 15 is 0 Å². The van der Waals surface area contributed by atoms with Crippen LogP contribution in [0.2, 0.25) is 0 Å². The largest absolute Gasteiger partial charge is 0.458 e. The molecule has 3 heteroatoms. The standard InChI is InChI=1S/C12H13BrO2/c1-3-10(14)11-6-8-5-9(13)4-7(2)12(8)15-11/h4-6,10,14H,3H2,1-2H3. The summed E-state index contributed by atoms with van der Waals surface area (Å²) < 4.78 is 6.67. The Bertz CT molecular complexity index is 488. The number of benzene rings is 1. The minimum Gasteiger partial charge on any atom is -0.458 e. The normalized spacial score (nSPS) is 13.3. The van der Waals surface area contributed by atoms with Crippen LogP contribution in [0.5, 0.6) is 0 Å². The highest BCUT2D eigenvalue weighted by atomic mass is 79.9. The van der Waals surface area contributed by atoms with Gasteiger partial charge in [-0.05, 0) is 37.1 Å². The summed E-state index contributed by atoms with van der Waals surface area (Å²) in [6.45, 7) is 3.93. The van der Waals surface area contributed by atoms with Gasteiger partial charge in [-0.15, -0.1) is 0 Å². The second kappa shape index (κ2) is 3.99. The van der Waals surface area contributed by atoms with E-state index in [-0.39, 0.29) is 0 Å². The van der Waals surface area contributed by atoms with Gasteiger partial charge in [0.05, 0.1) is 0 Å². The number of rotatable bonds is 2. The van der Waals surface area contributed by atoms with Crippen molar-refractivity contribution in [1.82, 2.24) is 0 Å².